The van der Waals surface area contributed by atoms with Crippen LogP contribution in [0.15, 0.2) is 83.5 Å². The molecule has 5 rings (SSSR count). The van der Waals surface area contributed by atoms with Crippen LogP contribution in [0.25, 0.3) is 10.9 Å². The lowest BCUT2D eigenvalue weighted by molar-refractivity contribution is 0.763. The maximum atomic E-state index is 3.55. The minimum Gasteiger partial charge on any atom is -0.371 e. The van der Waals surface area contributed by atoms with Crippen molar-refractivity contribution in [1.29, 1.82) is 0 Å². The molecule has 0 saturated carbocycles. The molecule has 2 heterocycles. The summed E-state index contributed by atoms with van der Waals surface area (Å²) in [6.07, 6.45) is 5.98. The predicted octanol–water partition coefficient (Wildman–Crippen LogP) is 7.40. The van der Waals surface area contributed by atoms with E-state index in [1.165, 1.54) is 46.1 Å². The van der Waals surface area contributed by atoms with Gasteiger partial charge >= 0.3 is 0 Å². The first-order chi connectivity index (χ1) is 15.2. The van der Waals surface area contributed by atoms with Crippen molar-refractivity contribution in [2.24, 2.45) is 0 Å². The molecule has 4 aromatic rings. The summed E-state index contributed by atoms with van der Waals surface area (Å²) < 4.78 is 3.56. The number of anilines is 1. The number of hydrogen-bond acceptors (Lipinski definition) is 1. The van der Waals surface area contributed by atoms with Crippen LogP contribution in [0, 0.1) is 0 Å². The highest BCUT2D eigenvalue weighted by Gasteiger charge is 2.27. The maximum Gasteiger partial charge on any atom is 0.0486 e. The zero-order valence-corrected chi connectivity index (χ0v) is 19.7. The van der Waals surface area contributed by atoms with Crippen LogP contribution < -0.4 is 4.90 Å². The molecule has 1 saturated heterocycles. The van der Waals surface area contributed by atoms with Crippen molar-refractivity contribution >= 4 is 32.5 Å². The third-order valence-corrected chi connectivity index (χ3v) is 7.06. The molecular weight excluding hydrogens is 444 g/mol. The molecule has 31 heavy (non-hydrogen) atoms. The molecule has 0 aliphatic carbocycles. The van der Waals surface area contributed by atoms with Gasteiger partial charge in [0, 0.05) is 52.8 Å². The lowest BCUT2D eigenvalue weighted by Crippen LogP contribution is -2.19. The minimum atomic E-state index is 0.575. The van der Waals surface area contributed by atoms with E-state index in [1.54, 1.807) is 0 Å². The normalized spacial score (nSPS) is 16.3. The van der Waals surface area contributed by atoms with Crippen molar-refractivity contribution in [3.05, 3.63) is 100 Å². The van der Waals surface area contributed by atoms with Crippen LogP contribution in [-0.4, -0.2) is 17.7 Å². The molecule has 0 N–H and O–H groups in total. The Balaban J connectivity index is 1.42. The Kier molecular flexibility index (Phi) is 5.87. The fraction of sp³-hybridized carbons (Fsp3) is 0.286. The lowest BCUT2D eigenvalue weighted by atomic mass is 9.98. The van der Waals surface area contributed by atoms with Crippen molar-refractivity contribution in [3.63, 3.8) is 0 Å². The second-order valence-electron chi connectivity index (χ2n) is 8.71. The summed E-state index contributed by atoms with van der Waals surface area (Å²) in [6, 6.07) is 26.7. The number of fused-ring (bicyclic) bond motifs is 1. The molecule has 1 atom stereocenters. The second kappa shape index (κ2) is 8.92. The van der Waals surface area contributed by atoms with Crippen LogP contribution in [-0.2, 0) is 13.0 Å². The van der Waals surface area contributed by atoms with Gasteiger partial charge in [-0.05, 0) is 59.9 Å². The average Bonchev–Trinajstić information content (AvgIpc) is 3.41. The fourth-order valence-electron chi connectivity index (χ4n) is 4.96. The van der Waals surface area contributed by atoms with Gasteiger partial charge in [0.05, 0.1) is 0 Å². The van der Waals surface area contributed by atoms with Crippen LogP contribution in [0.4, 0.5) is 5.69 Å². The molecule has 3 heteroatoms. The van der Waals surface area contributed by atoms with Gasteiger partial charge in [0.2, 0.25) is 0 Å². The summed E-state index contributed by atoms with van der Waals surface area (Å²) in [7, 11) is 0. The number of hydrogen-bond donors (Lipinski definition) is 0. The Morgan fingerprint density at radius 3 is 2.61 bits per heavy atom. The van der Waals surface area contributed by atoms with E-state index < -0.39 is 0 Å². The standard InChI is InChI=1S/C28H29BrN2/c1-2-6-21-7-5-8-25(17-21)30-16-15-23(19-30)27-20-31(28-10-4-3-9-26(27)28)18-22-11-13-24(29)14-12-22/h3-5,7-14,17,20,23H,2,6,15-16,18-19H2,1H3. The van der Waals surface area contributed by atoms with E-state index in [9.17, 15) is 0 Å². The molecule has 1 fully saturated rings. The van der Waals surface area contributed by atoms with Crippen molar-refractivity contribution in [3.8, 4) is 0 Å². The topological polar surface area (TPSA) is 8.17 Å². The number of aryl methyl sites for hydroxylation is 1. The Labute approximate surface area is 193 Å². The first kappa shape index (κ1) is 20.4. The SMILES string of the molecule is CCCc1cccc(N2CCC(c3cn(Cc4ccc(Br)cc4)c4ccccc34)C2)c1. The highest BCUT2D eigenvalue weighted by Crippen LogP contribution is 2.36. The molecule has 0 radical (unpaired) electrons. The van der Waals surface area contributed by atoms with Gasteiger partial charge in [-0.1, -0.05) is 71.7 Å². The van der Waals surface area contributed by atoms with E-state index in [4.69, 9.17) is 0 Å². The zero-order chi connectivity index (χ0) is 21.2. The van der Waals surface area contributed by atoms with Crippen molar-refractivity contribution in [2.45, 2.75) is 38.6 Å². The summed E-state index contributed by atoms with van der Waals surface area (Å²) in [5.41, 5.74) is 7.00. The molecule has 0 spiro atoms. The predicted molar refractivity (Wildman–Crippen MR) is 135 cm³/mol. The Morgan fingerprint density at radius 1 is 0.935 bits per heavy atom. The van der Waals surface area contributed by atoms with Crippen molar-refractivity contribution in [1.82, 2.24) is 4.57 Å². The van der Waals surface area contributed by atoms with Crippen molar-refractivity contribution in [2.75, 3.05) is 18.0 Å². The van der Waals surface area contributed by atoms with E-state index in [2.05, 4.69) is 111 Å². The third-order valence-electron chi connectivity index (χ3n) is 6.53. The van der Waals surface area contributed by atoms with Crippen LogP contribution in [0.1, 0.15) is 42.4 Å². The molecule has 0 amide bonds. The molecule has 158 valence electrons. The number of nitrogens with zero attached hydrogens (tertiary/aromatic N) is 2. The van der Waals surface area contributed by atoms with Gasteiger partial charge < -0.3 is 9.47 Å². The number of aromatic nitrogens is 1. The van der Waals surface area contributed by atoms with E-state index in [1.807, 2.05) is 0 Å². The van der Waals surface area contributed by atoms with E-state index in [0.717, 1.165) is 30.5 Å². The molecule has 3 aromatic carbocycles. The van der Waals surface area contributed by atoms with Gasteiger partial charge in [-0.3, -0.25) is 0 Å². The van der Waals surface area contributed by atoms with E-state index in [-0.39, 0.29) is 0 Å². The molecular formula is C28H29BrN2. The van der Waals surface area contributed by atoms with Crippen LogP contribution in [0.5, 0.6) is 0 Å². The summed E-state index contributed by atoms with van der Waals surface area (Å²) in [5, 5.41) is 1.41. The first-order valence-corrected chi connectivity index (χ1v) is 12.2. The second-order valence-corrected chi connectivity index (χ2v) is 9.62. The maximum absolute atomic E-state index is 3.55. The summed E-state index contributed by atoms with van der Waals surface area (Å²) >= 11 is 3.55. The molecule has 2 nitrogen and oxygen atoms in total. The Bertz CT molecular complexity index is 1180. The average molecular weight is 473 g/mol. The molecule has 1 aromatic heterocycles. The van der Waals surface area contributed by atoms with Gasteiger partial charge in [-0.25, -0.2) is 0 Å². The highest BCUT2D eigenvalue weighted by molar-refractivity contribution is 9.10. The third kappa shape index (κ3) is 4.29. The molecule has 1 aliphatic rings. The van der Waals surface area contributed by atoms with Gasteiger partial charge in [-0.2, -0.15) is 0 Å². The summed E-state index contributed by atoms with van der Waals surface area (Å²) in [6.45, 7) is 5.39. The number of halogens is 1. The molecule has 1 aliphatic heterocycles. The van der Waals surface area contributed by atoms with E-state index >= 15 is 0 Å². The highest BCUT2D eigenvalue weighted by atomic mass is 79.9. The minimum absolute atomic E-state index is 0.575. The first-order valence-electron chi connectivity index (χ1n) is 11.4. The molecule has 1 unspecified atom stereocenters. The van der Waals surface area contributed by atoms with Crippen molar-refractivity contribution < 1.29 is 0 Å². The van der Waals surface area contributed by atoms with Gasteiger partial charge in [-0.15, -0.1) is 0 Å². The number of benzene rings is 3. The Hall–Kier alpha value is -2.52. The largest absolute Gasteiger partial charge is 0.371 e. The monoisotopic (exact) mass is 472 g/mol. The number of para-hydroxylation sites is 1. The smallest absolute Gasteiger partial charge is 0.0486 e. The van der Waals surface area contributed by atoms with Crippen LogP contribution in [0.2, 0.25) is 0 Å². The fourth-order valence-corrected chi connectivity index (χ4v) is 5.23. The lowest BCUT2D eigenvalue weighted by Gasteiger charge is -2.19. The quantitative estimate of drug-likeness (QED) is 0.283. The number of rotatable bonds is 6. The van der Waals surface area contributed by atoms with E-state index in [0.29, 0.717) is 5.92 Å². The Morgan fingerprint density at radius 2 is 1.77 bits per heavy atom. The van der Waals surface area contributed by atoms with Crippen LogP contribution in [0.3, 0.4) is 0 Å². The van der Waals surface area contributed by atoms with Gasteiger partial charge in [0.1, 0.15) is 0 Å². The van der Waals surface area contributed by atoms with Gasteiger partial charge in [0.25, 0.3) is 0 Å². The summed E-state index contributed by atoms with van der Waals surface area (Å²) in [5.74, 6) is 0.575. The molecule has 0 bridgehead atoms. The summed E-state index contributed by atoms with van der Waals surface area (Å²) in [4.78, 5) is 2.57. The zero-order valence-electron chi connectivity index (χ0n) is 18.1. The van der Waals surface area contributed by atoms with Crippen LogP contribution >= 0.6 is 15.9 Å². The van der Waals surface area contributed by atoms with Gasteiger partial charge in [0.15, 0.2) is 0 Å².